The van der Waals surface area contributed by atoms with Crippen molar-refractivity contribution in [1.82, 2.24) is 10.2 Å². The number of hydrogen-bond acceptors (Lipinski definition) is 5. The lowest BCUT2D eigenvalue weighted by atomic mass is 10.2. The Morgan fingerprint density at radius 3 is 2.46 bits per heavy atom. The monoisotopic (exact) mass is 402 g/mol. The minimum Gasteiger partial charge on any atom is -0.362 e. The van der Waals surface area contributed by atoms with Gasteiger partial charge in [-0.3, -0.25) is 19.7 Å². The Bertz CT molecular complexity index is 897. The van der Waals surface area contributed by atoms with E-state index in [-0.39, 0.29) is 24.0 Å². The second kappa shape index (κ2) is 8.71. The van der Waals surface area contributed by atoms with Gasteiger partial charge < -0.3 is 15.1 Å². The average Bonchev–Trinajstić information content (AvgIpc) is 2.71. The molecule has 0 saturated carbocycles. The van der Waals surface area contributed by atoms with Gasteiger partial charge in [0.25, 0.3) is 11.6 Å². The lowest BCUT2D eigenvalue weighted by Crippen LogP contribution is -2.51. The van der Waals surface area contributed by atoms with Crippen molar-refractivity contribution in [1.29, 1.82) is 0 Å². The maximum atomic E-state index is 12.4. The number of nitro groups is 1. The number of carbonyl (C=O) groups is 2. The minimum absolute atomic E-state index is 0.0519. The Morgan fingerprint density at radius 2 is 1.79 bits per heavy atom. The molecule has 3 rings (SSSR count). The third-order valence-electron chi connectivity index (χ3n) is 4.54. The molecule has 0 unspecified atom stereocenters. The maximum absolute atomic E-state index is 12.4. The van der Waals surface area contributed by atoms with Crippen molar-refractivity contribution < 1.29 is 14.5 Å². The second-order valence-corrected chi connectivity index (χ2v) is 6.74. The van der Waals surface area contributed by atoms with Crippen LogP contribution in [0, 0.1) is 10.1 Å². The van der Waals surface area contributed by atoms with E-state index in [1.807, 2.05) is 4.90 Å². The van der Waals surface area contributed by atoms with Gasteiger partial charge in [0.1, 0.15) is 5.69 Å². The third-order valence-corrected chi connectivity index (χ3v) is 4.77. The van der Waals surface area contributed by atoms with Gasteiger partial charge in [-0.1, -0.05) is 29.8 Å². The zero-order valence-corrected chi connectivity index (χ0v) is 15.8. The number of piperazine rings is 1. The number of amides is 2. The van der Waals surface area contributed by atoms with Crippen LogP contribution in [0.2, 0.25) is 5.02 Å². The lowest BCUT2D eigenvalue weighted by molar-refractivity contribution is -0.384. The topological polar surface area (TPSA) is 95.8 Å². The summed E-state index contributed by atoms with van der Waals surface area (Å²) in [5.41, 5.74) is 0.992. The summed E-state index contributed by atoms with van der Waals surface area (Å²) in [7, 11) is 0. The lowest BCUT2D eigenvalue weighted by Gasteiger charge is -2.35. The molecule has 1 heterocycles. The largest absolute Gasteiger partial charge is 0.362 e. The van der Waals surface area contributed by atoms with Crippen LogP contribution in [-0.4, -0.2) is 54.4 Å². The van der Waals surface area contributed by atoms with E-state index in [1.54, 1.807) is 41.3 Å². The van der Waals surface area contributed by atoms with Crippen molar-refractivity contribution in [3.8, 4) is 0 Å². The Hall–Kier alpha value is -3.13. The zero-order chi connectivity index (χ0) is 20.1. The Labute approximate surface area is 166 Å². The number of nitrogens with zero attached hydrogens (tertiary/aromatic N) is 3. The molecule has 0 spiro atoms. The van der Waals surface area contributed by atoms with E-state index in [4.69, 9.17) is 11.6 Å². The van der Waals surface area contributed by atoms with Crippen LogP contribution in [0.3, 0.4) is 0 Å². The predicted molar refractivity (Wildman–Crippen MR) is 106 cm³/mol. The fourth-order valence-corrected chi connectivity index (χ4v) is 3.27. The van der Waals surface area contributed by atoms with Crippen LogP contribution in [0.5, 0.6) is 0 Å². The molecule has 0 aliphatic carbocycles. The van der Waals surface area contributed by atoms with Crippen LogP contribution in [0.1, 0.15) is 10.4 Å². The van der Waals surface area contributed by atoms with E-state index in [0.717, 1.165) is 0 Å². The molecule has 1 fully saturated rings. The van der Waals surface area contributed by atoms with Gasteiger partial charge in [0.2, 0.25) is 5.91 Å². The highest BCUT2D eigenvalue weighted by molar-refractivity contribution is 6.30. The van der Waals surface area contributed by atoms with Crippen LogP contribution < -0.4 is 10.2 Å². The number of halogens is 1. The third kappa shape index (κ3) is 4.58. The van der Waals surface area contributed by atoms with E-state index >= 15 is 0 Å². The first-order valence-electron chi connectivity index (χ1n) is 8.75. The minimum atomic E-state index is -0.405. The van der Waals surface area contributed by atoms with Crippen molar-refractivity contribution >= 4 is 34.8 Å². The van der Waals surface area contributed by atoms with Crippen LogP contribution in [0.4, 0.5) is 11.4 Å². The standard InChI is InChI=1S/C19H19ClN4O4/c20-15-5-3-4-14(12-15)19(26)21-13-18(25)23-10-8-22(9-11-23)16-6-1-2-7-17(16)24(27)28/h1-7,12H,8-11,13H2,(H,21,26). The highest BCUT2D eigenvalue weighted by Gasteiger charge is 2.25. The maximum Gasteiger partial charge on any atom is 0.292 e. The molecule has 28 heavy (non-hydrogen) atoms. The van der Waals surface area contributed by atoms with E-state index in [9.17, 15) is 19.7 Å². The first-order chi connectivity index (χ1) is 13.5. The summed E-state index contributed by atoms with van der Waals surface area (Å²) in [5, 5.41) is 14.2. The first-order valence-corrected chi connectivity index (χ1v) is 9.13. The SMILES string of the molecule is O=C(NCC(=O)N1CCN(c2ccccc2[N+](=O)[O-])CC1)c1cccc(Cl)c1. The Balaban J connectivity index is 1.53. The quantitative estimate of drug-likeness (QED) is 0.611. The van der Waals surface area contributed by atoms with Crippen molar-refractivity contribution in [2.75, 3.05) is 37.6 Å². The van der Waals surface area contributed by atoms with Gasteiger partial charge in [0, 0.05) is 42.8 Å². The number of carbonyl (C=O) groups excluding carboxylic acids is 2. The Kier molecular flexibility index (Phi) is 6.10. The number of rotatable bonds is 5. The summed E-state index contributed by atoms with van der Waals surface area (Å²) in [4.78, 5) is 38.8. The van der Waals surface area contributed by atoms with Crippen molar-refractivity contribution in [3.63, 3.8) is 0 Å². The van der Waals surface area contributed by atoms with E-state index in [0.29, 0.717) is 42.5 Å². The molecule has 8 nitrogen and oxygen atoms in total. The number of para-hydroxylation sites is 2. The molecule has 9 heteroatoms. The number of hydrogen-bond donors (Lipinski definition) is 1. The van der Waals surface area contributed by atoms with Gasteiger partial charge in [-0.15, -0.1) is 0 Å². The molecule has 146 valence electrons. The van der Waals surface area contributed by atoms with Gasteiger partial charge in [-0.05, 0) is 24.3 Å². The molecule has 1 saturated heterocycles. The van der Waals surface area contributed by atoms with E-state index in [2.05, 4.69) is 5.32 Å². The van der Waals surface area contributed by atoms with Gasteiger partial charge >= 0.3 is 0 Å². The molecular formula is C19H19ClN4O4. The molecule has 2 amide bonds. The second-order valence-electron chi connectivity index (χ2n) is 6.31. The van der Waals surface area contributed by atoms with Gasteiger partial charge in [-0.25, -0.2) is 0 Å². The number of nitro benzene ring substituents is 1. The molecule has 0 radical (unpaired) electrons. The summed E-state index contributed by atoms with van der Waals surface area (Å²) in [6.45, 7) is 1.71. The van der Waals surface area contributed by atoms with Crippen LogP contribution >= 0.6 is 11.6 Å². The molecule has 1 aliphatic rings. The smallest absolute Gasteiger partial charge is 0.292 e. The molecule has 1 N–H and O–H groups in total. The van der Waals surface area contributed by atoms with Crippen molar-refractivity contribution in [2.24, 2.45) is 0 Å². The fourth-order valence-electron chi connectivity index (χ4n) is 3.08. The fraction of sp³-hybridized carbons (Fsp3) is 0.263. The summed E-state index contributed by atoms with van der Waals surface area (Å²) < 4.78 is 0. The number of nitrogens with one attached hydrogen (secondary N) is 1. The van der Waals surface area contributed by atoms with Gasteiger partial charge in [0.05, 0.1) is 11.5 Å². The van der Waals surface area contributed by atoms with E-state index in [1.165, 1.54) is 12.1 Å². The first kappa shape index (κ1) is 19.6. The van der Waals surface area contributed by atoms with Crippen LogP contribution in [0.15, 0.2) is 48.5 Å². The normalized spacial score (nSPS) is 13.9. The van der Waals surface area contributed by atoms with Crippen molar-refractivity contribution in [2.45, 2.75) is 0 Å². The molecule has 2 aromatic rings. The molecule has 2 aromatic carbocycles. The highest BCUT2D eigenvalue weighted by Crippen LogP contribution is 2.28. The summed E-state index contributed by atoms with van der Waals surface area (Å²) in [6, 6.07) is 13.1. The van der Waals surface area contributed by atoms with Crippen LogP contribution in [0.25, 0.3) is 0 Å². The zero-order valence-electron chi connectivity index (χ0n) is 15.0. The highest BCUT2D eigenvalue weighted by atomic mass is 35.5. The van der Waals surface area contributed by atoms with Gasteiger partial charge in [-0.2, -0.15) is 0 Å². The summed E-state index contributed by atoms with van der Waals surface area (Å²) in [5.74, 6) is -0.563. The predicted octanol–water partition coefficient (Wildman–Crippen LogP) is 2.33. The van der Waals surface area contributed by atoms with E-state index < -0.39 is 4.92 Å². The molecular weight excluding hydrogens is 384 g/mol. The number of benzene rings is 2. The molecule has 1 aliphatic heterocycles. The number of anilines is 1. The molecule has 0 atom stereocenters. The molecule has 0 aromatic heterocycles. The van der Waals surface area contributed by atoms with Crippen LogP contribution in [-0.2, 0) is 4.79 Å². The summed E-state index contributed by atoms with van der Waals surface area (Å²) >= 11 is 5.87. The molecule has 0 bridgehead atoms. The van der Waals surface area contributed by atoms with Crippen molar-refractivity contribution in [3.05, 3.63) is 69.2 Å². The average molecular weight is 403 g/mol. The Morgan fingerprint density at radius 1 is 1.07 bits per heavy atom. The summed E-state index contributed by atoms with van der Waals surface area (Å²) in [6.07, 6.45) is 0. The van der Waals surface area contributed by atoms with Gasteiger partial charge in [0.15, 0.2) is 0 Å².